The number of hydrogen-bond donors (Lipinski definition) is 1. The van der Waals surface area contributed by atoms with Gasteiger partial charge < -0.3 is 9.26 Å². The summed E-state index contributed by atoms with van der Waals surface area (Å²) in [5, 5.41) is 4.18. The summed E-state index contributed by atoms with van der Waals surface area (Å²) in [4.78, 5) is 15.5. The van der Waals surface area contributed by atoms with Gasteiger partial charge in [-0.2, -0.15) is 0 Å². The second kappa shape index (κ2) is 3.49. The third-order valence-corrected chi connectivity index (χ3v) is 2.90. The quantitative estimate of drug-likeness (QED) is 0.720. The molecule has 3 rings (SSSR count). The molecule has 17 heavy (non-hydrogen) atoms. The number of methoxy groups -OCH3 is 1. The van der Waals surface area contributed by atoms with Gasteiger partial charge in [0, 0.05) is 11.6 Å². The van der Waals surface area contributed by atoms with Gasteiger partial charge in [-0.15, -0.1) is 0 Å². The van der Waals surface area contributed by atoms with Crippen molar-refractivity contribution in [2.45, 2.75) is 0 Å². The summed E-state index contributed by atoms with van der Waals surface area (Å²) in [7, 11) is 1.53. The van der Waals surface area contributed by atoms with Gasteiger partial charge in [-0.25, -0.2) is 9.95 Å². The molecule has 0 aliphatic rings. The van der Waals surface area contributed by atoms with Crippen LogP contribution in [0.5, 0.6) is 5.75 Å². The number of benzene rings is 1. The topological polar surface area (TPSA) is 68.1 Å². The maximum atomic E-state index is 11.3. The second-order valence-electron chi connectivity index (χ2n) is 3.54. The Balaban J connectivity index is 2.52. The van der Waals surface area contributed by atoms with Crippen molar-refractivity contribution in [2.75, 3.05) is 7.11 Å². The monoisotopic (exact) mass is 250 g/mol. The number of nitrogens with one attached hydrogen (secondary N) is 1. The zero-order valence-corrected chi connectivity index (χ0v) is 9.54. The number of rotatable bonds is 1. The van der Waals surface area contributed by atoms with Gasteiger partial charge in [-0.1, -0.05) is 11.6 Å². The molecule has 1 N–H and O–H groups in total. The molecular weight excluding hydrogens is 244 g/mol. The third-order valence-electron chi connectivity index (χ3n) is 2.61. The summed E-state index contributed by atoms with van der Waals surface area (Å²) < 4.78 is 9.86. The first-order valence-corrected chi connectivity index (χ1v) is 5.22. The highest BCUT2D eigenvalue weighted by atomic mass is 35.5. The van der Waals surface area contributed by atoms with Crippen LogP contribution >= 0.6 is 11.6 Å². The molecule has 0 bridgehead atoms. The van der Waals surface area contributed by atoms with Gasteiger partial charge in [0.15, 0.2) is 0 Å². The predicted molar refractivity (Wildman–Crippen MR) is 63.7 cm³/mol. The van der Waals surface area contributed by atoms with Crippen LogP contribution in [0.2, 0.25) is 5.02 Å². The van der Waals surface area contributed by atoms with Crippen molar-refractivity contribution >= 4 is 33.4 Å². The van der Waals surface area contributed by atoms with Gasteiger partial charge in [0.25, 0.3) is 0 Å². The number of nitrogens with zero attached hydrogens (tertiary/aromatic N) is 1. The van der Waals surface area contributed by atoms with E-state index in [0.29, 0.717) is 27.2 Å². The molecule has 0 saturated heterocycles. The fourth-order valence-corrected chi connectivity index (χ4v) is 2.00. The molecule has 5 nitrogen and oxygen atoms in total. The maximum absolute atomic E-state index is 11.3. The van der Waals surface area contributed by atoms with Gasteiger partial charge in [-0.05, 0) is 12.1 Å². The van der Waals surface area contributed by atoms with Crippen molar-refractivity contribution in [3.8, 4) is 5.75 Å². The van der Waals surface area contributed by atoms with Gasteiger partial charge in [-0.3, -0.25) is 4.98 Å². The zero-order valence-electron chi connectivity index (χ0n) is 8.78. The Bertz CT molecular complexity index is 775. The Morgan fingerprint density at radius 1 is 1.41 bits per heavy atom. The van der Waals surface area contributed by atoms with E-state index in [0.717, 1.165) is 5.39 Å². The molecule has 2 heterocycles. The van der Waals surface area contributed by atoms with Crippen molar-refractivity contribution in [1.82, 2.24) is 10.1 Å². The average molecular weight is 251 g/mol. The summed E-state index contributed by atoms with van der Waals surface area (Å²) in [6, 6.07) is 3.40. The zero-order chi connectivity index (χ0) is 12.0. The first-order valence-electron chi connectivity index (χ1n) is 4.84. The van der Waals surface area contributed by atoms with Crippen LogP contribution in [0, 0.1) is 0 Å². The van der Waals surface area contributed by atoms with Crippen LogP contribution in [0.25, 0.3) is 21.8 Å². The Morgan fingerprint density at radius 2 is 2.24 bits per heavy atom. The minimum atomic E-state index is -0.441. The number of H-pyrrole nitrogens is 1. The van der Waals surface area contributed by atoms with Crippen LogP contribution in [0.3, 0.4) is 0 Å². The molecule has 0 spiro atoms. The Kier molecular flexibility index (Phi) is 2.09. The molecule has 0 amide bonds. The lowest BCUT2D eigenvalue weighted by molar-refractivity contribution is 0.400. The van der Waals surface area contributed by atoms with Crippen LogP contribution in [0.1, 0.15) is 0 Å². The summed E-state index contributed by atoms with van der Waals surface area (Å²) in [5.41, 5.74) is 0.818. The number of ether oxygens (including phenoxy) is 1. The van der Waals surface area contributed by atoms with E-state index in [4.69, 9.17) is 20.9 Å². The highest BCUT2D eigenvalue weighted by molar-refractivity contribution is 6.33. The minimum Gasteiger partial charge on any atom is -0.495 e. The number of hydrogen-bond acceptors (Lipinski definition) is 4. The lowest BCUT2D eigenvalue weighted by Gasteiger charge is -2.04. The van der Waals surface area contributed by atoms with Gasteiger partial charge in [0.2, 0.25) is 0 Å². The largest absolute Gasteiger partial charge is 0.495 e. The van der Waals surface area contributed by atoms with Gasteiger partial charge in [0.1, 0.15) is 11.1 Å². The first-order chi connectivity index (χ1) is 8.20. The third kappa shape index (κ3) is 1.39. The number of aromatic amines is 1. The molecule has 0 saturated carbocycles. The van der Waals surface area contributed by atoms with Crippen molar-refractivity contribution in [3.05, 3.63) is 33.8 Å². The molecule has 0 fully saturated rings. The Labute approximate surface area is 99.9 Å². The number of pyridine rings is 1. The smallest absolute Gasteiger partial charge is 0.366 e. The summed E-state index contributed by atoms with van der Waals surface area (Å²) in [6.45, 7) is 0. The molecule has 3 aromatic rings. The number of aromatic nitrogens is 2. The normalized spacial score (nSPS) is 11.2. The molecule has 1 aromatic carbocycles. The van der Waals surface area contributed by atoms with E-state index in [9.17, 15) is 4.79 Å². The highest BCUT2D eigenvalue weighted by Gasteiger charge is 2.11. The van der Waals surface area contributed by atoms with E-state index in [2.05, 4.69) is 10.1 Å². The van der Waals surface area contributed by atoms with Crippen LogP contribution in [-0.4, -0.2) is 17.3 Å². The molecule has 0 aliphatic carbocycles. The minimum absolute atomic E-state index is 0.405. The van der Waals surface area contributed by atoms with E-state index >= 15 is 0 Å². The summed E-state index contributed by atoms with van der Waals surface area (Å²) in [5.74, 6) is 0.524. The fraction of sp³-hybridized carbons (Fsp3) is 0.0909. The Hall–Kier alpha value is -2.01. The number of fused-ring (bicyclic) bond motifs is 3. The van der Waals surface area contributed by atoms with Crippen molar-refractivity contribution in [3.63, 3.8) is 0 Å². The van der Waals surface area contributed by atoms with E-state index < -0.39 is 5.63 Å². The van der Waals surface area contributed by atoms with Crippen LogP contribution in [0.4, 0.5) is 0 Å². The fourth-order valence-electron chi connectivity index (χ4n) is 1.77. The Morgan fingerprint density at radius 3 is 3.00 bits per heavy atom. The predicted octanol–water partition coefficient (Wildman–Crippen LogP) is 2.33. The highest BCUT2D eigenvalue weighted by Crippen LogP contribution is 2.31. The van der Waals surface area contributed by atoms with Crippen molar-refractivity contribution in [2.24, 2.45) is 0 Å². The van der Waals surface area contributed by atoms with E-state index in [1.807, 2.05) is 0 Å². The standard InChI is InChI=1S/C11H7ClN2O3/c1-16-9-2-5-8(3-7(9)12)13-4-6-10(5)14-17-11(6)15/h2-4,14H,1H3. The molecule has 0 radical (unpaired) electrons. The SMILES string of the molecule is COc1cc2c(cc1Cl)ncc1c(=O)o[nH]c12. The lowest BCUT2D eigenvalue weighted by atomic mass is 10.1. The molecule has 86 valence electrons. The number of halogens is 1. The van der Waals surface area contributed by atoms with Crippen molar-refractivity contribution in [1.29, 1.82) is 0 Å². The van der Waals surface area contributed by atoms with E-state index in [1.54, 1.807) is 12.1 Å². The van der Waals surface area contributed by atoms with Crippen LogP contribution < -0.4 is 10.4 Å². The van der Waals surface area contributed by atoms with E-state index in [-0.39, 0.29) is 0 Å². The molecule has 0 unspecified atom stereocenters. The molecule has 6 heteroatoms. The lowest BCUT2D eigenvalue weighted by Crippen LogP contribution is -1.92. The molecular formula is C11H7ClN2O3. The summed E-state index contributed by atoms with van der Waals surface area (Å²) >= 11 is 6.00. The van der Waals surface area contributed by atoms with E-state index in [1.165, 1.54) is 13.3 Å². The van der Waals surface area contributed by atoms with Gasteiger partial charge in [0.05, 0.1) is 23.2 Å². The summed E-state index contributed by atoms with van der Waals surface area (Å²) in [6.07, 6.45) is 1.46. The molecule has 0 aliphatic heterocycles. The molecule has 2 aromatic heterocycles. The van der Waals surface area contributed by atoms with Crippen molar-refractivity contribution < 1.29 is 9.26 Å². The molecule has 0 atom stereocenters. The first kappa shape index (κ1) is 10.2. The van der Waals surface area contributed by atoms with Crippen LogP contribution in [0.15, 0.2) is 27.6 Å². The van der Waals surface area contributed by atoms with Crippen LogP contribution in [-0.2, 0) is 0 Å². The second-order valence-corrected chi connectivity index (χ2v) is 3.95. The maximum Gasteiger partial charge on any atom is 0.366 e. The average Bonchev–Trinajstić information content (AvgIpc) is 2.70. The van der Waals surface area contributed by atoms with Gasteiger partial charge >= 0.3 is 5.63 Å².